The molecule has 0 unspecified atom stereocenters. The lowest BCUT2D eigenvalue weighted by atomic mass is 10.2. The van der Waals surface area contributed by atoms with E-state index >= 15 is 0 Å². The Bertz CT molecular complexity index is 233. The van der Waals surface area contributed by atoms with E-state index in [-0.39, 0.29) is 5.82 Å². The number of hydrogen-bond acceptors (Lipinski definition) is 1. The molecular weight excluding hydrogens is 147 g/mol. The molecule has 0 bridgehead atoms. The Morgan fingerprint density at radius 1 is 1.50 bits per heavy atom. The van der Waals surface area contributed by atoms with E-state index in [4.69, 9.17) is 6.92 Å². The Hall–Kier alpha value is -0.500. The fourth-order valence-corrected chi connectivity index (χ4v) is 1.14. The van der Waals surface area contributed by atoms with E-state index in [0.29, 0.717) is 10.5 Å². The second-order valence-electron chi connectivity index (χ2n) is 1.89. The molecule has 2 radical (unpaired) electrons. The van der Waals surface area contributed by atoms with Gasteiger partial charge in [0.2, 0.25) is 0 Å². The van der Waals surface area contributed by atoms with Gasteiger partial charge in [-0.15, -0.1) is 11.8 Å². The van der Waals surface area contributed by atoms with E-state index in [9.17, 15) is 4.39 Å². The normalized spacial score (nSPS) is 9.90. The van der Waals surface area contributed by atoms with Crippen molar-refractivity contribution in [1.29, 1.82) is 0 Å². The molecule has 10 heavy (non-hydrogen) atoms. The minimum Gasteiger partial charge on any atom is -0.206 e. The highest BCUT2D eigenvalue weighted by molar-refractivity contribution is 7.98. The Morgan fingerprint density at radius 3 is 2.70 bits per heavy atom. The van der Waals surface area contributed by atoms with Crippen molar-refractivity contribution in [2.24, 2.45) is 0 Å². The van der Waals surface area contributed by atoms with Gasteiger partial charge in [-0.05, 0) is 30.9 Å². The third-order valence-electron chi connectivity index (χ3n) is 1.18. The van der Waals surface area contributed by atoms with Crippen LogP contribution in [0, 0.1) is 12.7 Å². The molecule has 0 aliphatic rings. The monoisotopic (exact) mass is 154 g/mol. The van der Waals surface area contributed by atoms with Gasteiger partial charge in [-0.25, -0.2) is 4.39 Å². The molecule has 1 aromatic carbocycles. The fourth-order valence-electron chi connectivity index (χ4n) is 0.683. The molecule has 0 aliphatic carbocycles. The van der Waals surface area contributed by atoms with Crippen LogP contribution in [0.1, 0.15) is 5.56 Å². The van der Waals surface area contributed by atoms with Crippen molar-refractivity contribution >= 4 is 11.8 Å². The highest BCUT2D eigenvalue weighted by Gasteiger charge is 1.98. The standard InChI is InChI=1S/C8H7FS/c1-6-3-4-8(10-2)7(9)5-6/h1,3-5H,2H3. The van der Waals surface area contributed by atoms with Crippen molar-refractivity contribution in [3.8, 4) is 0 Å². The zero-order chi connectivity index (χ0) is 7.56. The second-order valence-corrected chi connectivity index (χ2v) is 2.74. The Balaban J connectivity index is 3.07. The smallest absolute Gasteiger partial charge is 0.137 e. The van der Waals surface area contributed by atoms with Crippen LogP contribution in [0.15, 0.2) is 23.1 Å². The average Bonchev–Trinajstić information content (AvgIpc) is 1.88. The Morgan fingerprint density at radius 2 is 2.20 bits per heavy atom. The minimum atomic E-state index is -0.243. The van der Waals surface area contributed by atoms with E-state index in [2.05, 4.69) is 0 Å². The zero-order valence-electron chi connectivity index (χ0n) is 5.60. The summed E-state index contributed by atoms with van der Waals surface area (Å²) in [4.78, 5) is 0.634. The van der Waals surface area contributed by atoms with Gasteiger partial charge in [0.1, 0.15) is 5.82 Å². The van der Waals surface area contributed by atoms with Crippen LogP contribution in [0.2, 0.25) is 0 Å². The molecule has 52 valence electrons. The van der Waals surface area contributed by atoms with Gasteiger partial charge in [-0.3, -0.25) is 0 Å². The SMILES string of the molecule is [CH]c1ccc(SC)c(F)c1. The minimum absolute atomic E-state index is 0.243. The van der Waals surface area contributed by atoms with Crippen LogP contribution < -0.4 is 0 Å². The number of thioether (sulfide) groups is 1. The van der Waals surface area contributed by atoms with E-state index < -0.39 is 0 Å². The first-order chi connectivity index (χ1) is 4.74. The summed E-state index contributed by atoms with van der Waals surface area (Å²) in [7, 11) is 0. The summed E-state index contributed by atoms with van der Waals surface area (Å²) in [6, 6.07) is 4.69. The van der Waals surface area contributed by atoms with Gasteiger partial charge >= 0.3 is 0 Å². The average molecular weight is 154 g/mol. The lowest BCUT2D eigenvalue weighted by Crippen LogP contribution is -1.80. The Labute approximate surface area is 64.4 Å². The maximum Gasteiger partial charge on any atom is 0.137 e. The molecule has 1 rings (SSSR count). The molecule has 0 saturated carbocycles. The zero-order valence-corrected chi connectivity index (χ0v) is 6.41. The van der Waals surface area contributed by atoms with Crippen molar-refractivity contribution in [1.82, 2.24) is 0 Å². The van der Waals surface area contributed by atoms with Gasteiger partial charge < -0.3 is 0 Å². The van der Waals surface area contributed by atoms with E-state index in [1.165, 1.54) is 17.8 Å². The molecule has 0 saturated heterocycles. The maximum absolute atomic E-state index is 12.7. The molecule has 0 amide bonds. The van der Waals surface area contributed by atoms with Crippen LogP contribution in [0.3, 0.4) is 0 Å². The summed E-state index contributed by atoms with van der Waals surface area (Å²) in [5.74, 6) is -0.243. The van der Waals surface area contributed by atoms with E-state index in [1.54, 1.807) is 12.1 Å². The number of hydrogen-bond donors (Lipinski definition) is 0. The maximum atomic E-state index is 12.7. The van der Waals surface area contributed by atoms with Crippen LogP contribution in [-0.2, 0) is 0 Å². The third-order valence-corrected chi connectivity index (χ3v) is 1.95. The fraction of sp³-hybridized carbons (Fsp3) is 0.125. The lowest BCUT2D eigenvalue weighted by Gasteiger charge is -1.97. The molecule has 0 nitrogen and oxygen atoms in total. The van der Waals surface area contributed by atoms with Gasteiger partial charge in [-0.1, -0.05) is 6.07 Å². The molecule has 0 atom stereocenters. The lowest BCUT2D eigenvalue weighted by molar-refractivity contribution is 0.601. The molecule has 0 spiro atoms. The van der Waals surface area contributed by atoms with Crippen LogP contribution in [0.25, 0.3) is 0 Å². The first kappa shape index (κ1) is 7.61. The third kappa shape index (κ3) is 1.51. The van der Waals surface area contributed by atoms with Crippen LogP contribution in [-0.4, -0.2) is 6.26 Å². The van der Waals surface area contributed by atoms with Gasteiger partial charge in [0.05, 0.1) is 0 Å². The van der Waals surface area contributed by atoms with Crippen LogP contribution >= 0.6 is 11.8 Å². The van der Waals surface area contributed by atoms with Crippen LogP contribution in [0.5, 0.6) is 0 Å². The molecular formula is C8H7FS. The number of halogens is 1. The predicted molar refractivity (Wildman–Crippen MR) is 41.6 cm³/mol. The summed E-state index contributed by atoms with van der Waals surface area (Å²) in [5, 5.41) is 0. The largest absolute Gasteiger partial charge is 0.206 e. The predicted octanol–water partition coefficient (Wildman–Crippen LogP) is 2.61. The summed E-state index contributed by atoms with van der Waals surface area (Å²) in [6.45, 7) is 5.33. The second kappa shape index (κ2) is 3.06. The van der Waals surface area contributed by atoms with Crippen LogP contribution in [0.4, 0.5) is 4.39 Å². The van der Waals surface area contributed by atoms with Gasteiger partial charge in [0.15, 0.2) is 0 Å². The molecule has 2 heteroatoms. The first-order valence-electron chi connectivity index (χ1n) is 2.83. The summed E-state index contributed by atoms with van der Waals surface area (Å²) in [6.07, 6.45) is 1.83. The van der Waals surface area contributed by atoms with Crippen molar-refractivity contribution in [3.05, 3.63) is 36.5 Å². The molecule has 0 aliphatic heterocycles. The summed E-state index contributed by atoms with van der Waals surface area (Å²) in [5.41, 5.74) is 0.468. The number of rotatable bonds is 1. The molecule has 0 aromatic heterocycles. The van der Waals surface area contributed by atoms with Gasteiger partial charge in [0.25, 0.3) is 0 Å². The summed E-state index contributed by atoms with van der Waals surface area (Å²) >= 11 is 1.37. The van der Waals surface area contributed by atoms with Crippen molar-refractivity contribution in [2.45, 2.75) is 4.90 Å². The highest BCUT2D eigenvalue weighted by Crippen LogP contribution is 2.19. The van der Waals surface area contributed by atoms with Crippen molar-refractivity contribution in [3.63, 3.8) is 0 Å². The summed E-state index contributed by atoms with van der Waals surface area (Å²) < 4.78 is 12.7. The molecule has 0 N–H and O–H groups in total. The van der Waals surface area contributed by atoms with E-state index in [0.717, 1.165) is 0 Å². The quantitative estimate of drug-likeness (QED) is 0.560. The Kier molecular flexibility index (Phi) is 2.33. The topological polar surface area (TPSA) is 0 Å². The highest BCUT2D eigenvalue weighted by atomic mass is 32.2. The number of benzene rings is 1. The molecule has 0 fully saturated rings. The molecule has 1 aromatic rings. The van der Waals surface area contributed by atoms with Gasteiger partial charge in [0, 0.05) is 4.90 Å². The molecule has 0 heterocycles. The van der Waals surface area contributed by atoms with Crippen molar-refractivity contribution in [2.75, 3.05) is 6.26 Å². The van der Waals surface area contributed by atoms with Crippen molar-refractivity contribution < 1.29 is 4.39 Å². The van der Waals surface area contributed by atoms with Gasteiger partial charge in [-0.2, -0.15) is 0 Å². The first-order valence-corrected chi connectivity index (χ1v) is 4.05. The van der Waals surface area contributed by atoms with E-state index in [1.807, 2.05) is 6.26 Å².